The van der Waals surface area contributed by atoms with Crippen LogP contribution in [0.2, 0.25) is 0 Å². The van der Waals surface area contributed by atoms with Crippen molar-refractivity contribution in [1.29, 1.82) is 0 Å². The SMILES string of the molecule is N/N=C1\C2C[NH+]3CC[NH+](C2)CC1(Cc1ccccc1)C3. The lowest BCUT2D eigenvalue weighted by molar-refractivity contribution is -0.918. The van der Waals surface area contributed by atoms with Gasteiger partial charge in [0, 0.05) is 0 Å². The molecule has 4 heteroatoms. The molecule has 4 aliphatic heterocycles. The van der Waals surface area contributed by atoms with Crippen LogP contribution in [0, 0.1) is 11.3 Å². The van der Waals surface area contributed by atoms with Gasteiger partial charge in [-0.3, -0.25) is 0 Å². The summed E-state index contributed by atoms with van der Waals surface area (Å²) in [5.74, 6) is 6.42. The van der Waals surface area contributed by atoms with Crippen molar-refractivity contribution in [2.24, 2.45) is 22.3 Å². The number of nitrogens with one attached hydrogen (secondary N) is 2. The molecule has 0 spiro atoms. The molecule has 4 nitrogen and oxygen atoms in total. The topological polar surface area (TPSA) is 47.3 Å². The van der Waals surface area contributed by atoms with E-state index in [-0.39, 0.29) is 5.41 Å². The highest BCUT2D eigenvalue weighted by molar-refractivity contribution is 5.93. The van der Waals surface area contributed by atoms with E-state index in [0.717, 1.165) is 6.42 Å². The highest BCUT2D eigenvalue weighted by Gasteiger charge is 2.57. The van der Waals surface area contributed by atoms with Gasteiger partial charge in [0.05, 0.1) is 37.8 Å². The molecule has 4 bridgehead atoms. The maximum Gasteiger partial charge on any atom is 0.127 e. The number of nitrogens with two attached hydrogens (primary N) is 1. The fourth-order valence-electron chi connectivity index (χ4n) is 4.92. The van der Waals surface area contributed by atoms with E-state index < -0.39 is 0 Å². The number of rotatable bonds is 2. The molecule has 1 aromatic rings. The lowest BCUT2D eigenvalue weighted by Crippen LogP contribution is -3.17. The summed E-state index contributed by atoms with van der Waals surface area (Å²) in [6.07, 6.45) is 1.10. The monoisotopic (exact) mass is 272 g/mol. The van der Waals surface area contributed by atoms with Crippen LogP contribution in [0.1, 0.15) is 5.56 Å². The van der Waals surface area contributed by atoms with Crippen LogP contribution >= 0.6 is 0 Å². The molecule has 0 amide bonds. The van der Waals surface area contributed by atoms with Crippen molar-refractivity contribution in [1.82, 2.24) is 0 Å². The normalized spacial score (nSPS) is 41.0. The molecule has 0 saturated carbocycles. The molecule has 2 unspecified atom stereocenters. The molecule has 106 valence electrons. The summed E-state index contributed by atoms with van der Waals surface area (Å²) in [6.45, 7) is 7.57. The molecule has 5 rings (SSSR count). The van der Waals surface area contributed by atoms with E-state index >= 15 is 0 Å². The van der Waals surface area contributed by atoms with Gasteiger partial charge in [0.25, 0.3) is 0 Å². The van der Waals surface area contributed by atoms with E-state index in [1.807, 2.05) is 0 Å². The van der Waals surface area contributed by atoms with Crippen molar-refractivity contribution in [3.8, 4) is 0 Å². The number of quaternary nitrogens is 2. The summed E-state index contributed by atoms with van der Waals surface area (Å²) in [6, 6.07) is 10.9. The molecule has 4 fully saturated rings. The standard InChI is InChI=1S/C16H22N4/c17-18-15-14-9-19-6-7-20(10-14)12-16(15,11-19)8-13-4-2-1-3-5-13/h1-5,14H,6-12,17H2/p+2/b18-15+. The maximum atomic E-state index is 5.81. The van der Waals surface area contributed by atoms with Gasteiger partial charge in [-0.05, 0) is 12.0 Å². The summed E-state index contributed by atoms with van der Waals surface area (Å²) < 4.78 is 0. The summed E-state index contributed by atoms with van der Waals surface area (Å²) in [5.41, 5.74) is 2.95. The largest absolute Gasteiger partial charge is 0.329 e. The molecule has 1 aromatic carbocycles. The van der Waals surface area contributed by atoms with E-state index in [9.17, 15) is 0 Å². The molecule has 4 heterocycles. The number of fused-ring (bicyclic) bond motifs is 1. The third-order valence-electron chi connectivity index (χ3n) is 5.53. The zero-order valence-corrected chi connectivity index (χ0v) is 11.9. The summed E-state index contributed by atoms with van der Waals surface area (Å²) >= 11 is 0. The number of hydrogen-bond acceptors (Lipinski definition) is 2. The van der Waals surface area contributed by atoms with Crippen LogP contribution in [0.5, 0.6) is 0 Å². The second kappa shape index (κ2) is 4.57. The summed E-state index contributed by atoms with van der Waals surface area (Å²) in [4.78, 5) is 3.54. The Morgan fingerprint density at radius 2 is 1.75 bits per heavy atom. The van der Waals surface area contributed by atoms with Crippen molar-refractivity contribution >= 4 is 5.71 Å². The van der Waals surface area contributed by atoms with E-state index in [0.29, 0.717) is 5.92 Å². The quantitative estimate of drug-likeness (QED) is 0.421. The molecule has 0 aromatic heterocycles. The van der Waals surface area contributed by atoms with Gasteiger partial charge in [0.2, 0.25) is 0 Å². The first-order valence-electron chi connectivity index (χ1n) is 7.78. The van der Waals surface area contributed by atoms with Gasteiger partial charge < -0.3 is 15.6 Å². The van der Waals surface area contributed by atoms with E-state index in [4.69, 9.17) is 5.84 Å². The predicted octanol–water partition coefficient (Wildman–Crippen LogP) is -2.04. The second-order valence-corrected chi connectivity index (χ2v) is 6.92. The van der Waals surface area contributed by atoms with Gasteiger partial charge in [-0.1, -0.05) is 30.3 Å². The predicted molar refractivity (Wildman–Crippen MR) is 78.8 cm³/mol. The molecular formula is C16H24N4+2. The molecule has 0 radical (unpaired) electrons. The number of hydrazone groups is 1. The third kappa shape index (κ3) is 1.86. The van der Waals surface area contributed by atoms with Crippen molar-refractivity contribution in [2.45, 2.75) is 6.42 Å². The van der Waals surface area contributed by atoms with Crippen molar-refractivity contribution in [3.05, 3.63) is 35.9 Å². The summed E-state index contributed by atoms with van der Waals surface area (Å²) in [5, 5.41) is 4.29. The van der Waals surface area contributed by atoms with Crippen molar-refractivity contribution in [2.75, 3.05) is 39.3 Å². The Kier molecular flexibility index (Phi) is 2.82. The number of benzene rings is 1. The summed E-state index contributed by atoms with van der Waals surface area (Å²) in [7, 11) is 0. The van der Waals surface area contributed by atoms with Crippen LogP contribution in [-0.4, -0.2) is 45.0 Å². The Balaban J connectivity index is 1.73. The van der Waals surface area contributed by atoms with Gasteiger partial charge in [-0.15, -0.1) is 0 Å². The minimum Gasteiger partial charge on any atom is -0.329 e. The van der Waals surface area contributed by atoms with Crippen LogP contribution in [-0.2, 0) is 6.42 Å². The van der Waals surface area contributed by atoms with E-state index in [2.05, 4.69) is 35.4 Å². The fraction of sp³-hybridized carbons (Fsp3) is 0.562. The molecule has 4 saturated heterocycles. The number of nitrogens with zero attached hydrogens (tertiary/aromatic N) is 1. The Hall–Kier alpha value is -1.39. The highest BCUT2D eigenvalue weighted by atomic mass is 15.3. The fourth-order valence-corrected chi connectivity index (χ4v) is 4.92. The van der Waals surface area contributed by atoms with Crippen LogP contribution in [0.4, 0.5) is 0 Å². The second-order valence-electron chi connectivity index (χ2n) is 6.92. The van der Waals surface area contributed by atoms with Crippen LogP contribution in [0.3, 0.4) is 0 Å². The van der Waals surface area contributed by atoms with Crippen LogP contribution in [0.25, 0.3) is 0 Å². The number of piperidine rings is 2. The first-order valence-corrected chi connectivity index (χ1v) is 7.78. The Labute approximate surface area is 120 Å². The van der Waals surface area contributed by atoms with Gasteiger partial charge in [-0.25, -0.2) is 0 Å². The van der Waals surface area contributed by atoms with E-state index in [1.54, 1.807) is 9.80 Å². The maximum absolute atomic E-state index is 5.81. The van der Waals surface area contributed by atoms with Gasteiger partial charge in [0.15, 0.2) is 0 Å². The van der Waals surface area contributed by atoms with Gasteiger partial charge in [-0.2, -0.15) is 5.10 Å². The average Bonchev–Trinajstić information content (AvgIpc) is 2.68. The molecule has 20 heavy (non-hydrogen) atoms. The smallest absolute Gasteiger partial charge is 0.127 e. The first-order chi connectivity index (χ1) is 9.79. The Bertz CT molecular complexity index is 509. The molecule has 4 N–H and O–H groups in total. The van der Waals surface area contributed by atoms with Crippen LogP contribution < -0.4 is 15.6 Å². The molecule has 0 aliphatic carbocycles. The number of hydrogen-bond donors (Lipinski definition) is 3. The first kappa shape index (κ1) is 12.4. The molecular weight excluding hydrogens is 248 g/mol. The lowest BCUT2D eigenvalue weighted by atomic mass is 9.67. The van der Waals surface area contributed by atoms with Crippen molar-refractivity contribution in [3.63, 3.8) is 0 Å². The third-order valence-corrected chi connectivity index (χ3v) is 5.53. The zero-order valence-electron chi connectivity index (χ0n) is 11.9. The Morgan fingerprint density at radius 1 is 1.10 bits per heavy atom. The minimum atomic E-state index is 0.207. The van der Waals surface area contributed by atoms with Gasteiger partial charge >= 0.3 is 0 Å². The lowest BCUT2D eigenvalue weighted by Gasteiger charge is -2.46. The molecule has 2 atom stereocenters. The van der Waals surface area contributed by atoms with E-state index in [1.165, 1.54) is 50.5 Å². The highest BCUT2D eigenvalue weighted by Crippen LogP contribution is 2.30. The zero-order chi connectivity index (χ0) is 13.6. The minimum absolute atomic E-state index is 0.207. The Morgan fingerprint density at radius 3 is 2.35 bits per heavy atom. The van der Waals surface area contributed by atoms with Gasteiger partial charge in [0.1, 0.15) is 18.5 Å². The molecule has 4 aliphatic rings. The van der Waals surface area contributed by atoms with Crippen molar-refractivity contribution < 1.29 is 9.80 Å². The van der Waals surface area contributed by atoms with Crippen LogP contribution in [0.15, 0.2) is 35.4 Å². The average molecular weight is 272 g/mol.